The summed E-state index contributed by atoms with van der Waals surface area (Å²) in [6.45, 7) is 19.1. The Labute approximate surface area is 402 Å². The minimum absolute atomic E-state index is 0.0162. The summed E-state index contributed by atoms with van der Waals surface area (Å²) < 4.78 is 0. The smallest absolute Gasteiger partial charge is 0.182 e. The van der Waals surface area contributed by atoms with Crippen molar-refractivity contribution in [3.63, 3.8) is 0 Å². The van der Waals surface area contributed by atoms with Crippen LogP contribution in [0.25, 0.3) is 44.5 Å². The van der Waals surface area contributed by atoms with Gasteiger partial charge in [0.2, 0.25) is 0 Å². The molecule has 0 fully saturated rings. The van der Waals surface area contributed by atoms with Crippen LogP contribution >= 0.6 is 0 Å². The van der Waals surface area contributed by atoms with Crippen LogP contribution in [0.4, 0.5) is 17.1 Å². The quantitative estimate of drug-likeness (QED) is 0.148. The highest BCUT2D eigenvalue weighted by molar-refractivity contribution is 7.24. The summed E-state index contributed by atoms with van der Waals surface area (Å²) in [5.41, 5.74) is 25.2. The number of fused-ring (bicyclic) bond motifs is 23. The summed E-state index contributed by atoms with van der Waals surface area (Å²) in [7, 11) is -3.01. The van der Waals surface area contributed by atoms with Crippen molar-refractivity contribution in [2.45, 2.75) is 77.0 Å². The molecule has 68 heavy (non-hydrogen) atoms. The average molecular weight is 890 g/mol. The molecule has 0 N–H and O–H groups in total. The van der Waals surface area contributed by atoms with E-state index in [1.165, 1.54) is 127 Å². The van der Waals surface area contributed by atoms with Crippen molar-refractivity contribution in [1.82, 2.24) is 0 Å². The molecule has 0 radical (unpaired) electrons. The molecule has 328 valence electrons. The molecular weight excluding hydrogens is 835 g/mol. The van der Waals surface area contributed by atoms with Gasteiger partial charge in [-0.15, -0.1) is 0 Å². The van der Waals surface area contributed by atoms with Crippen LogP contribution in [0.3, 0.4) is 0 Å². The average Bonchev–Trinajstić information content (AvgIpc) is 3.99. The summed E-state index contributed by atoms with van der Waals surface area (Å²) >= 11 is 0. The number of benzene rings is 9. The molecule has 2 heteroatoms. The maximum Gasteiger partial charge on any atom is 0.182 e. The van der Waals surface area contributed by atoms with Crippen molar-refractivity contribution in [2.24, 2.45) is 0 Å². The Balaban J connectivity index is 1.11. The van der Waals surface area contributed by atoms with E-state index in [4.69, 9.17) is 0 Å². The van der Waals surface area contributed by atoms with Gasteiger partial charge in [0, 0.05) is 11.1 Å². The third-order valence-electron chi connectivity index (χ3n) is 17.0. The second-order valence-corrected chi connectivity index (χ2v) is 26.4. The molecule has 0 atom stereocenters. The molecule has 9 aromatic rings. The first-order chi connectivity index (χ1) is 32.8. The largest absolute Gasteiger partial charge is 0.310 e. The molecule has 3 aliphatic heterocycles. The van der Waals surface area contributed by atoms with E-state index in [0.29, 0.717) is 0 Å². The van der Waals surface area contributed by atoms with Gasteiger partial charge in [0.25, 0.3) is 0 Å². The zero-order valence-electron chi connectivity index (χ0n) is 40.3. The van der Waals surface area contributed by atoms with Gasteiger partial charge in [0.05, 0.1) is 16.8 Å². The van der Waals surface area contributed by atoms with Gasteiger partial charge in [-0.05, 0) is 145 Å². The van der Waals surface area contributed by atoms with E-state index in [-0.39, 0.29) is 16.2 Å². The number of para-hydroxylation sites is 2. The van der Waals surface area contributed by atoms with E-state index in [1.54, 1.807) is 0 Å². The Bertz CT molecular complexity index is 3540. The predicted molar refractivity (Wildman–Crippen MR) is 289 cm³/mol. The summed E-state index contributed by atoms with van der Waals surface area (Å²) in [5, 5.41) is 6.10. The summed E-state index contributed by atoms with van der Waals surface area (Å²) in [4.78, 5) is 2.61. The van der Waals surface area contributed by atoms with Crippen molar-refractivity contribution in [3.05, 3.63) is 233 Å². The summed E-state index contributed by atoms with van der Waals surface area (Å²) in [6.07, 6.45) is 0. The first kappa shape index (κ1) is 40.1. The maximum atomic E-state index is 2.68. The lowest BCUT2D eigenvalue weighted by atomic mass is 9.64. The zero-order chi connectivity index (χ0) is 46.3. The number of hydrogen-bond donors (Lipinski definition) is 0. The van der Waals surface area contributed by atoms with Crippen LogP contribution in [-0.2, 0) is 21.7 Å². The molecule has 0 unspecified atom stereocenters. The first-order valence-corrected chi connectivity index (χ1v) is 26.7. The topological polar surface area (TPSA) is 3.24 Å². The Morgan fingerprint density at radius 2 is 0.809 bits per heavy atom. The highest BCUT2D eigenvalue weighted by Gasteiger charge is 2.57. The van der Waals surface area contributed by atoms with Crippen LogP contribution in [0.1, 0.15) is 99.9 Å². The second kappa shape index (κ2) is 13.2. The molecule has 5 aliphatic rings. The lowest BCUT2D eigenvalue weighted by Gasteiger charge is -2.45. The number of anilines is 3. The molecule has 0 amide bonds. The second-order valence-electron chi connectivity index (χ2n) is 22.8. The van der Waals surface area contributed by atoms with Crippen LogP contribution in [0.15, 0.2) is 188 Å². The molecule has 1 nitrogen and oxygen atoms in total. The fourth-order valence-electron chi connectivity index (χ4n) is 13.9. The van der Waals surface area contributed by atoms with Crippen LogP contribution in [0.2, 0.25) is 0 Å². The Morgan fingerprint density at radius 1 is 0.353 bits per heavy atom. The van der Waals surface area contributed by atoms with Gasteiger partial charge in [-0.2, -0.15) is 0 Å². The Hall–Kier alpha value is -7.00. The maximum absolute atomic E-state index is 3.01. The minimum atomic E-state index is -3.01. The fraction of sp³-hybridized carbons (Fsp3) is 0.182. The minimum Gasteiger partial charge on any atom is -0.310 e. The van der Waals surface area contributed by atoms with E-state index in [0.717, 1.165) is 0 Å². The lowest BCUT2D eigenvalue weighted by Crippen LogP contribution is -2.71. The van der Waals surface area contributed by atoms with Crippen molar-refractivity contribution in [3.8, 4) is 44.5 Å². The summed E-state index contributed by atoms with van der Waals surface area (Å²) in [6, 6.07) is 74.0. The number of rotatable bonds is 1. The van der Waals surface area contributed by atoms with Gasteiger partial charge in [-0.1, -0.05) is 219 Å². The van der Waals surface area contributed by atoms with E-state index in [2.05, 4.69) is 248 Å². The molecular formula is C66H55NSi. The van der Waals surface area contributed by atoms with Gasteiger partial charge in [0.1, 0.15) is 0 Å². The summed E-state index contributed by atoms with van der Waals surface area (Å²) in [5.74, 6) is 0. The standard InChI is InChI=1S/C66H55NSi/c1-63(2,3)40-29-32-45-46-33-30-41(64(4,5)6)38-59(46)68(58(45)37-40)57-36-35-54-61(47-21-11-12-22-49(47)65(54,7)8)62(57)48-34-31-42(39-60(48)68)67-55-27-17-15-25-52(55)66(53-26-16-18-28-56(53)67)50-23-13-9-19-43(50)44-20-10-14-24-51(44)66/h9-39H,1-8H3. The van der Waals surface area contributed by atoms with Crippen LogP contribution < -0.4 is 25.6 Å². The van der Waals surface area contributed by atoms with E-state index < -0.39 is 13.5 Å². The molecule has 14 rings (SSSR count). The van der Waals surface area contributed by atoms with Crippen molar-refractivity contribution in [1.29, 1.82) is 0 Å². The monoisotopic (exact) mass is 889 g/mol. The van der Waals surface area contributed by atoms with Crippen molar-refractivity contribution < 1.29 is 0 Å². The van der Waals surface area contributed by atoms with Crippen LogP contribution in [-0.4, -0.2) is 8.07 Å². The molecule has 2 spiro atoms. The zero-order valence-corrected chi connectivity index (χ0v) is 41.3. The fourth-order valence-corrected chi connectivity index (χ4v) is 19.6. The molecule has 0 aromatic heterocycles. The normalized spacial score (nSPS) is 16.3. The van der Waals surface area contributed by atoms with Gasteiger partial charge in [-0.3, -0.25) is 0 Å². The predicted octanol–water partition coefficient (Wildman–Crippen LogP) is 14.1. The van der Waals surface area contributed by atoms with Gasteiger partial charge < -0.3 is 4.90 Å². The molecule has 3 heterocycles. The number of nitrogens with zero attached hydrogens (tertiary/aromatic N) is 1. The highest BCUT2D eigenvalue weighted by Crippen LogP contribution is 2.63. The van der Waals surface area contributed by atoms with Gasteiger partial charge in [0.15, 0.2) is 8.07 Å². The van der Waals surface area contributed by atoms with E-state index >= 15 is 0 Å². The van der Waals surface area contributed by atoms with Gasteiger partial charge >= 0.3 is 0 Å². The lowest BCUT2D eigenvalue weighted by molar-refractivity contribution is 0.590. The molecule has 9 aromatic carbocycles. The van der Waals surface area contributed by atoms with Gasteiger partial charge in [-0.25, -0.2) is 0 Å². The van der Waals surface area contributed by atoms with E-state index in [1.807, 2.05) is 0 Å². The molecule has 2 aliphatic carbocycles. The SMILES string of the molecule is CC(C)(C)c1ccc2c(c1)[Si]1(c3cc(C(C)(C)C)ccc3-2)c2cc(N3c4ccccc4C4(c5ccccc5-c5ccccc54)c4ccccc43)ccc2-c2c1ccc1c2-c2ccccc2C1(C)C. The first-order valence-electron chi connectivity index (χ1n) is 24.7. The van der Waals surface area contributed by atoms with Crippen LogP contribution in [0.5, 0.6) is 0 Å². The highest BCUT2D eigenvalue weighted by atomic mass is 28.3. The third-order valence-corrected chi connectivity index (χ3v) is 21.9. The Morgan fingerprint density at radius 3 is 1.35 bits per heavy atom. The molecule has 0 saturated heterocycles. The molecule has 0 bridgehead atoms. The van der Waals surface area contributed by atoms with Crippen LogP contribution in [0, 0.1) is 0 Å². The Kier molecular flexibility index (Phi) is 7.76. The van der Waals surface area contributed by atoms with E-state index in [9.17, 15) is 0 Å². The number of hydrogen-bond acceptors (Lipinski definition) is 1. The molecule has 0 saturated carbocycles. The van der Waals surface area contributed by atoms with Crippen molar-refractivity contribution in [2.75, 3.05) is 4.90 Å². The third kappa shape index (κ3) is 4.77. The van der Waals surface area contributed by atoms with Crippen molar-refractivity contribution >= 4 is 45.9 Å².